The predicted molar refractivity (Wildman–Crippen MR) is 96.4 cm³/mol. The molecule has 0 spiro atoms. The van der Waals surface area contributed by atoms with E-state index in [9.17, 15) is 4.79 Å². The number of hydrogen-bond donors (Lipinski definition) is 0. The second-order valence-corrected chi connectivity index (χ2v) is 7.39. The van der Waals surface area contributed by atoms with Gasteiger partial charge in [-0.2, -0.15) is 5.10 Å². The molecule has 1 aromatic carbocycles. The maximum absolute atomic E-state index is 13.0. The normalized spacial score (nSPS) is 22.1. The number of carbonyl (C=O) groups excluding carboxylic acids is 1. The van der Waals surface area contributed by atoms with Crippen molar-refractivity contribution in [3.05, 3.63) is 35.5 Å². The van der Waals surface area contributed by atoms with E-state index < -0.39 is 0 Å². The van der Waals surface area contributed by atoms with Crippen LogP contribution in [0.3, 0.4) is 0 Å². The van der Waals surface area contributed by atoms with Gasteiger partial charge < -0.3 is 9.64 Å². The smallest absolute Gasteiger partial charge is 0.244 e. The van der Waals surface area contributed by atoms with E-state index in [0.29, 0.717) is 18.7 Å². The number of piperidine rings is 1. The number of rotatable bonds is 2. The van der Waals surface area contributed by atoms with Gasteiger partial charge in [-0.1, -0.05) is 11.6 Å². The van der Waals surface area contributed by atoms with E-state index in [1.54, 1.807) is 0 Å². The minimum Gasteiger partial charge on any atom is -0.488 e. The van der Waals surface area contributed by atoms with Crippen molar-refractivity contribution >= 4 is 5.91 Å². The lowest BCUT2D eigenvalue weighted by Gasteiger charge is -2.39. The molecule has 0 radical (unpaired) electrons. The van der Waals surface area contributed by atoms with Crippen LogP contribution in [0.25, 0.3) is 11.3 Å². The number of hydrogen-bond acceptors (Lipinski definition) is 3. The van der Waals surface area contributed by atoms with E-state index in [1.807, 2.05) is 27.9 Å². The van der Waals surface area contributed by atoms with Crippen LogP contribution in [0, 0.1) is 6.92 Å². The van der Waals surface area contributed by atoms with E-state index >= 15 is 0 Å². The van der Waals surface area contributed by atoms with Crippen LogP contribution in [0.4, 0.5) is 0 Å². The molecule has 0 unspecified atom stereocenters. The van der Waals surface area contributed by atoms with Crippen LogP contribution in [0.5, 0.6) is 5.75 Å². The third-order valence-corrected chi connectivity index (χ3v) is 5.46. The van der Waals surface area contributed by atoms with Crippen molar-refractivity contribution in [1.82, 2.24) is 14.7 Å². The first kappa shape index (κ1) is 16.2. The zero-order chi connectivity index (χ0) is 17.6. The standard InChI is InChI=1S/C20H25N3O2/c1-13-7-8-18-17(9-13)20-16(12-25-18)10-21-22(20)11-19(24)23-14(2)5-4-6-15(23)3/h7-10,14-15H,4-6,11-12H2,1-3H3/t14-,15-/m1/s1. The van der Waals surface area contributed by atoms with E-state index in [4.69, 9.17) is 4.74 Å². The lowest BCUT2D eigenvalue weighted by molar-refractivity contribution is -0.138. The van der Waals surface area contributed by atoms with Gasteiger partial charge in [0.2, 0.25) is 5.91 Å². The maximum Gasteiger partial charge on any atom is 0.244 e. The molecule has 0 aliphatic carbocycles. The zero-order valence-corrected chi connectivity index (χ0v) is 15.2. The third-order valence-electron chi connectivity index (χ3n) is 5.46. The average Bonchev–Trinajstić information content (AvgIpc) is 2.98. The van der Waals surface area contributed by atoms with Gasteiger partial charge in [0.15, 0.2) is 0 Å². The van der Waals surface area contributed by atoms with Crippen molar-refractivity contribution in [2.75, 3.05) is 0 Å². The Balaban J connectivity index is 1.65. The maximum atomic E-state index is 13.0. The Morgan fingerprint density at radius 1 is 1.28 bits per heavy atom. The van der Waals surface area contributed by atoms with Gasteiger partial charge >= 0.3 is 0 Å². The summed E-state index contributed by atoms with van der Waals surface area (Å²) < 4.78 is 7.68. The molecule has 4 rings (SSSR count). The minimum absolute atomic E-state index is 0.159. The number of benzene rings is 1. The second kappa shape index (κ2) is 6.21. The fourth-order valence-corrected chi connectivity index (χ4v) is 4.19. The molecule has 0 bridgehead atoms. The number of amides is 1. The van der Waals surface area contributed by atoms with Gasteiger partial charge in [0.25, 0.3) is 0 Å². The summed E-state index contributed by atoms with van der Waals surface area (Å²) in [6.45, 7) is 7.17. The molecule has 132 valence electrons. The zero-order valence-electron chi connectivity index (χ0n) is 15.2. The quantitative estimate of drug-likeness (QED) is 0.841. The van der Waals surface area contributed by atoms with Gasteiger partial charge in [-0.05, 0) is 52.2 Å². The minimum atomic E-state index is 0.159. The summed E-state index contributed by atoms with van der Waals surface area (Å²) in [5, 5.41) is 4.50. The summed E-state index contributed by atoms with van der Waals surface area (Å²) >= 11 is 0. The van der Waals surface area contributed by atoms with Gasteiger partial charge in [-0.15, -0.1) is 0 Å². The van der Waals surface area contributed by atoms with Crippen LogP contribution in [0.2, 0.25) is 0 Å². The van der Waals surface area contributed by atoms with E-state index in [2.05, 4.69) is 31.9 Å². The van der Waals surface area contributed by atoms with Gasteiger partial charge in [-0.3, -0.25) is 9.48 Å². The predicted octanol–water partition coefficient (Wildman–Crippen LogP) is 3.54. The molecule has 1 aromatic heterocycles. The molecule has 5 nitrogen and oxygen atoms in total. The van der Waals surface area contributed by atoms with Gasteiger partial charge in [0, 0.05) is 23.2 Å². The van der Waals surface area contributed by atoms with Crippen LogP contribution in [0.1, 0.15) is 44.2 Å². The molecule has 2 aliphatic heterocycles. The first-order chi connectivity index (χ1) is 12.0. The molecule has 2 aliphatic rings. The number of aromatic nitrogens is 2. The SMILES string of the molecule is Cc1ccc2c(c1)-c1c(cnn1CC(=O)N1[C@H](C)CCC[C@H]1C)CO2. The molecule has 1 amide bonds. The Bertz CT molecular complexity index is 801. The molecule has 2 atom stereocenters. The molecule has 5 heteroatoms. The Morgan fingerprint density at radius 3 is 2.80 bits per heavy atom. The molecular formula is C20H25N3O2. The van der Waals surface area contributed by atoms with Crippen LogP contribution >= 0.6 is 0 Å². The Morgan fingerprint density at radius 2 is 2.04 bits per heavy atom. The summed E-state index contributed by atoms with van der Waals surface area (Å²) in [4.78, 5) is 15.0. The van der Waals surface area contributed by atoms with E-state index in [1.165, 1.54) is 12.0 Å². The summed E-state index contributed by atoms with van der Waals surface area (Å²) in [6.07, 6.45) is 5.20. The molecular weight excluding hydrogens is 314 g/mol. The van der Waals surface area contributed by atoms with Gasteiger partial charge in [-0.25, -0.2) is 0 Å². The first-order valence-corrected chi connectivity index (χ1v) is 9.14. The number of aryl methyl sites for hydroxylation is 1. The largest absolute Gasteiger partial charge is 0.488 e. The van der Waals surface area contributed by atoms with Crippen LogP contribution in [-0.4, -0.2) is 32.7 Å². The number of ether oxygens (including phenoxy) is 1. The lowest BCUT2D eigenvalue weighted by Crippen LogP contribution is -2.48. The van der Waals surface area contributed by atoms with Crippen LogP contribution < -0.4 is 4.74 Å². The van der Waals surface area contributed by atoms with Crippen molar-refractivity contribution < 1.29 is 9.53 Å². The topological polar surface area (TPSA) is 47.4 Å². The highest BCUT2D eigenvalue weighted by Gasteiger charge is 2.30. The highest BCUT2D eigenvalue weighted by atomic mass is 16.5. The van der Waals surface area contributed by atoms with Gasteiger partial charge in [0.05, 0.1) is 11.9 Å². The lowest BCUT2D eigenvalue weighted by atomic mass is 9.97. The fraction of sp³-hybridized carbons (Fsp3) is 0.500. The summed E-state index contributed by atoms with van der Waals surface area (Å²) in [6, 6.07) is 6.78. The molecule has 0 N–H and O–H groups in total. The number of fused-ring (bicyclic) bond motifs is 3. The third kappa shape index (κ3) is 2.81. The molecule has 0 saturated carbocycles. The monoisotopic (exact) mass is 339 g/mol. The van der Waals surface area contributed by atoms with Crippen molar-refractivity contribution in [1.29, 1.82) is 0 Å². The van der Waals surface area contributed by atoms with Gasteiger partial charge in [0.1, 0.15) is 18.9 Å². The molecule has 1 saturated heterocycles. The summed E-state index contributed by atoms with van der Waals surface area (Å²) in [5.74, 6) is 1.03. The van der Waals surface area contributed by atoms with Crippen molar-refractivity contribution in [3.8, 4) is 17.0 Å². The molecule has 2 aromatic rings. The molecule has 1 fully saturated rings. The number of carbonyl (C=O) groups is 1. The van der Waals surface area contributed by atoms with E-state index in [0.717, 1.165) is 35.4 Å². The van der Waals surface area contributed by atoms with E-state index in [-0.39, 0.29) is 12.5 Å². The molecule has 3 heterocycles. The Kier molecular flexibility index (Phi) is 4.02. The molecule has 25 heavy (non-hydrogen) atoms. The first-order valence-electron chi connectivity index (χ1n) is 9.14. The second-order valence-electron chi connectivity index (χ2n) is 7.39. The fourth-order valence-electron chi connectivity index (χ4n) is 4.19. The summed E-state index contributed by atoms with van der Waals surface area (Å²) in [7, 11) is 0. The highest BCUT2D eigenvalue weighted by Crippen LogP contribution is 2.38. The van der Waals surface area contributed by atoms with Crippen molar-refractivity contribution in [2.45, 2.75) is 65.3 Å². The number of nitrogens with zero attached hydrogens (tertiary/aromatic N) is 3. The van der Waals surface area contributed by atoms with Crippen molar-refractivity contribution in [2.24, 2.45) is 0 Å². The van der Waals surface area contributed by atoms with Crippen LogP contribution in [-0.2, 0) is 17.9 Å². The van der Waals surface area contributed by atoms with Crippen molar-refractivity contribution in [3.63, 3.8) is 0 Å². The number of likely N-dealkylation sites (tertiary alicyclic amines) is 1. The Hall–Kier alpha value is -2.30. The highest BCUT2D eigenvalue weighted by molar-refractivity contribution is 5.79. The Labute approximate surface area is 148 Å². The van der Waals surface area contributed by atoms with Crippen LogP contribution in [0.15, 0.2) is 24.4 Å². The average molecular weight is 339 g/mol. The summed E-state index contributed by atoms with van der Waals surface area (Å²) in [5.41, 5.74) is 4.28.